The van der Waals surface area contributed by atoms with Gasteiger partial charge in [-0.05, 0) is 89.0 Å². The Morgan fingerprint density at radius 1 is 1.04 bits per heavy atom. The monoisotopic (exact) mass is 357 g/mol. The minimum atomic E-state index is -0.160. The van der Waals surface area contributed by atoms with Crippen LogP contribution in [0.1, 0.15) is 64.5 Å². The lowest BCUT2D eigenvalue weighted by atomic mass is 9.46. The van der Waals surface area contributed by atoms with Gasteiger partial charge in [-0.3, -0.25) is 0 Å². The van der Waals surface area contributed by atoms with Gasteiger partial charge in [0.1, 0.15) is 0 Å². The lowest BCUT2D eigenvalue weighted by Gasteiger charge is -2.62. The van der Waals surface area contributed by atoms with Crippen LogP contribution >= 0.6 is 0 Å². The largest absolute Gasteiger partial charge is 0.366 e. The molecule has 1 saturated heterocycles. The lowest BCUT2D eigenvalue weighted by Crippen LogP contribution is -2.63. The van der Waals surface area contributed by atoms with Crippen molar-refractivity contribution in [2.45, 2.75) is 83.1 Å². The Balaban J connectivity index is 1.53. The summed E-state index contributed by atoms with van der Waals surface area (Å²) in [6.45, 7) is 12.7. The molecule has 0 bridgehead atoms. The molecule has 26 heavy (non-hydrogen) atoms. The van der Waals surface area contributed by atoms with Crippen LogP contribution < -0.4 is 16.4 Å². The summed E-state index contributed by atoms with van der Waals surface area (Å²) >= 11 is 0. The summed E-state index contributed by atoms with van der Waals surface area (Å²) < 4.78 is 6.23. The van der Waals surface area contributed by atoms with Gasteiger partial charge >= 0.3 is 0 Å². The molecule has 0 unspecified atom stereocenters. The van der Waals surface area contributed by atoms with E-state index in [0.717, 1.165) is 38.8 Å². The Labute approximate surface area is 158 Å². The molecule has 144 valence electrons. The Bertz CT molecular complexity index is 694. The van der Waals surface area contributed by atoms with Crippen molar-refractivity contribution in [3.63, 3.8) is 0 Å². The van der Waals surface area contributed by atoms with Gasteiger partial charge in [0.2, 0.25) is 0 Å². The Hall–Kier alpha value is -1.10. The summed E-state index contributed by atoms with van der Waals surface area (Å²) in [5.74, 6) is 0. The maximum atomic E-state index is 6.80. The first-order valence-electron chi connectivity index (χ1n) is 10.0. The van der Waals surface area contributed by atoms with Crippen molar-refractivity contribution in [2.24, 2.45) is 16.9 Å². The quantitative estimate of drug-likeness (QED) is 0.851. The SMILES string of the molecule is Cc1cc(N2CC(C)(C)OC(C)(C)C2)ccc1C1(N)CC2(CC(N)C2)C1. The van der Waals surface area contributed by atoms with Gasteiger partial charge in [-0.25, -0.2) is 0 Å². The zero-order chi connectivity index (χ0) is 19.0. The highest BCUT2D eigenvalue weighted by Crippen LogP contribution is 2.62. The van der Waals surface area contributed by atoms with Crippen molar-refractivity contribution in [3.8, 4) is 0 Å². The summed E-state index contributed by atoms with van der Waals surface area (Å²) in [6, 6.07) is 7.24. The van der Waals surface area contributed by atoms with E-state index in [9.17, 15) is 0 Å². The molecular weight excluding hydrogens is 322 g/mol. The highest BCUT2D eigenvalue weighted by Gasteiger charge is 2.58. The van der Waals surface area contributed by atoms with Gasteiger partial charge in [-0.2, -0.15) is 0 Å². The molecule has 4 N–H and O–H groups in total. The topological polar surface area (TPSA) is 64.5 Å². The molecule has 1 aliphatic heterocycles. The molecular formula is C22H35N3O. The van der Waals surface area contributed by atoms with E-state index in [0.29, 0.717) is 11.5 Å². The fourth-order valence-corrected chi connectivity index (χ4v) is 6.19. The van der Waals surface area contributed by atoms with Crippen LogP contribution in [0.15, 0.2) is 18.2 Å². The van der Waals surface area contributed by atoms with Crippen LogP contribution in [0.2, 0.25) is 0 Å². The second kappa shape index (κ2) is 5.46. The number of rotatable bonds is 2. The molecule has 1 aromatic carbocycles. The van der Waals surface area contributed by atoms with Crippen molar-refractivity contribution in [2.75, 3.05) is 18.0 Å². The number of morpholine rings is 1. The van der Waals surface area contributed by atoms with Crippen LogP contribution in [-0.4, -0.2) is 30.3 Å². The third kappa shape index (κ3) is 3.06. The zero-order valence-electron chi connectivity index (χ0n) is 17.1. The number of nitrogens with zero attached hydrogens (tertiary/aromatic N) is 1. The van der Waals surface area contributed by atoms with Crippen molar-refractivity contribution in [1.29, 1.82) is 0 Å². The zero-order valence-corrected chi connectivity index (χ0v) is 17.1. The van der Waals surface area contributed by atoms with E-state index in [1.807, 2.05) is 0 Å². The third-order valence-electron chi connectivity index (χ3n) is 6.58. The molecule has 1 spiro atoms. The Kier molecular flexibility index (Phi) is 3.84. The highest BCUT2D eigenvalue weighted by atomic mass is 16.5. The van der Waals surface area contributed by atoms with Crippen LogP contribution in [0.3, 0.4) is 0 Å². The molecule has 4 heteroatoms. The summed E-state index contributed by atoms with van der Waals surface area (Å²) in [5.41, 5.74) is 16.7. The first-order chi connectivity index (χ1) is 11.9. The third-order valence-corrected chi connectivity index (χ3v) is 6.58. The fraction of sp³-hybridized carbons (Fsp3) is 0.727. The van der Waals surface area contributed by atoms with Gasteiger partial charge in [0, 0.05) is 30.4 Å². The van der Waals surface area contributed by atoms with E-state index in [1.54, 1.807) is 0 Å². The van der Waals surface area contributed by atoms with Crippen molar-refractivity contribution in [3.05, 3.63) is 29.3 Å². The Morgan fingerprint density at radius 2 is 1.62 bits per heavy atom. The Morgan fingerprint density at radius 3 is 2.12 bits per heavy atom. The normalized spacial score (nSPS) is 38.0. The minimum absolute atomic E-state index is 0.146. The maximum absolute atomic E-state index is 6.80. The number of anilines is 1. The van der Waals surface area contributed by atoms with Crippen LogP contribution in [0, 0.1) is 12.3 Å². The average molecular weight is 358 g/mol. The van der Waals surface area contributed by atoms with Gasteiger partial charge in [0.05, 0.1) is 11.2 Å². The second-order valence-electron chi connectivity index (χ2n) is 10.7. The lowest BCUT2D eigenvalue weighted by molar-refractivity contribution is -0.133. The molecule has 1 aromatic rings. The standard InChI is InChI=1S/C22H35N3O/c1-15-8-17(25-13-19(2,3)26-20(4,5)14-25)6-7-18(15)22(24)11-21(12-22)9-16(23)10-21/h6-8,16H,9-14,23-24H2,1-5H3. The number of hydrogen-bond donors (Lipinski definition) is 2. The van der Waals surface area contributed by atoms with E-state index in [2.05, 4.69) is 57.7 Å². The van der Waals surface area contributed by atoms with Crippen LogP contribution in [0.5, 0.6) is 0 Å². The smallest absolute Gasteiger partial charge is 0.0808 e. The molecule has 2 aliphatic carbocycles. The maximum Gasteiger partial charge on any atom is 0.0808 e. The average Bonchev–Trinajstić information content (AvgIpc) is 2.40. The molecule has 4 nitrogen and oxygen atoms in total. The van der Waals surface area contributed by atoms with Gasteiger partial charge in [0.25, 0.3) is 0 Å². The fourth-order valence-electron chi connectivity index (χ4n) is 6.19. The van der Waals surface area contributed by atoms with E-state index in [1.165, 1.54) is 16.8 Å². The van der Waals surface area contributed by atoms with Crippen LogP contribution in [0.4, 0.5) is 5.69 Å². The molecule has 2 saturated carbocycles. The highest BCUT2D eigenvalue weighted by molar-refractivity contribution is 5.54. The molecule has 0 atom stereocenters. The summed E-state index contributed by atoms with van der Waals surface area (Å²) in [7, 11) is 0. The molecule has 0 amide bonds. The van der Waals surface area contributed by atoms with E-state index < -0.39 is 0 Å². The predicted octanol–water partition coefficient (Wildman–Crippen LogP) is 3.44. The van der Waals surface area contributed by atoms with Gasteiger partial charge in [-0.15, -0.1) is 0 Å². The molecule has 1 heterocycles. The van der Waals surface area contributed by atoms with Crippen LogP contribution in [0.25, 0.3) is 0 Å². The van der Waals surface area contributed by atoms with Crippen LogP contribution in [-0.2, 0) is 10.3 Å². The predicted molar refractivity (Wildman–Crippen MR) is 107 cm³/mol. The van der Waals surface area contributed by atoms with E-state index >= 15 is 0 Å². The molecule has 0 radical (unpaired) electrons. The summed E-state index contributed by atoms with van der Waals surface area (Å²) in [6.07, 6.45) is 4.49. The number of nitrogens with two attached hydrogens (primary N) is 2. The number of aryl methyl sites for hydroxylation is 1. The second-order valence-corrected chi connectivity index (χ2v) is 10.7. The number of hydrogen-bond acceptors (Lipinski definition) is 4. The number of ether oxygens (including phenoxy) is 1. The molecule has 3 aliphatic rings. The molecule has 0 aromatic heterocycles. The summed E-state index contributed by atoms with van der Waals surface area (Å²) in [4.78, 5) is 2.46. The van der Waals surface area contributed by atoms with E-state index in [4.69, 9.17) is 16.2 Å². The van der Waals surface area contributed by atoms with Crippen molar-refractivity contribution in [1.82, 2.24) is 0 Å². The van der Waals surface area contributed by atoms with Crippen molar-refractivity contribution < 1.29 is 4.74 Å². The molecule has 3 fully saturated rings. The minimum Gasteiger partial charge on any atom is -0.366 e. The van der Waals surface area contributed by atoms with Gasteiger partial charge < -0.3 is 21.1 Å². The van der Waals surface area contributed by atoms with Crippen molar-refractivity contribution >= 4 is 5.69 Å². The van der Waals surface area contributed by atoms with Gasteiger partial charge in [0.15, 0.2) is 0 Å². The summed E-state index contributed by atoms with van der Waals surface area (Å²) in [5, 5.41) is 0. The molecule has 4 rings (SSSR count). The van der Waals surface area contributed by atoms with Gasteiger partial charge in [-0.1, -0.05) is 6.07 Å². The first kappa shape index (κ1) is 18.3. The first-order valence-corrected chi connectivity index (χ1v) is 10.0. The van der Waals surface area contributed by atoms with E-state index in [-0.39, 0.29) is 16.7 Å². The number of benzene rings is 1.